The summed E-state index contributed by atoms with van der Waals surface area (Å²) in [4.78, 5) is 18.0. The van der Waals surface area contributed by atoms with Crippen LogP contribution in [-0.2, 0) is 17.8 Å². The highest BCUT2D eigenvalue weighted by Crippen LogP contribution is 2.20. The lowest BCUT2D eigenvalue weighted by Crippen LogP contribution is -2.48. The lowest BCUT2D eigenvalue weighted by molar-refractivity contribution is -0.132. The van der Waals surface area contributed by atoms with Gasteiger partial charge in [-0.15, -0.1) is 11.3 Å². The molecule has 0 N–H and O–H groups in total. The van der Waals surface area contributed by atoms with E-state index in [0.29, 0.717) is 6.42 Å². The Morgan fingerprint density at radius 3 is 2.62 bits per heavy atom. The van der Waals surface area contributed by atoms with Crippen LogP contribution in [0.4, 0.5) is 0 Å². The molecule has 1 aromatic heterocycles. The van der Waals surface area contributed by atoms with Crippen molar-refractivity contribution >= 4 is 17.2 Å². The largest absolute Gasteiger partial charge is 0.496 e. The van der Waals surface area contributed by atoms with Crippen LogP contribution in [0.2, 0.25) is 0 Å². The molecule has 1 aliphatic heterocycles. The number of methoxy groups -OCH3 is 1. The number of hydrogen-bond donors (Lipinski definition) is 0. The number of rotatable bonds is 6. The number of ether oxygens (including phenoxy) is 1. The molecule has 1 saturated heterocycles. The summed E-state index contributed by atoms with van der Waals surface area (Å²) in [6, 6.07) is 12.3. The van der Waals surface area contributed by atoms with Crippen molar-refractivity contribution in [2.45, 2.75) is 19.4 Å². The highest BCUT2D eigenvalue weighted by Gasteiger charge is 2.21. The Morgan fingerprint density at radius 1 is 1.12 bits per heavy atom. The second kappa shape index (κ2) is 8.31. The molecule has 128 valence electrons. The van der Waals surface area contributed by atoms with Gasteiger partial charge in [0.15, 0.2) is 0 Å². The third-order valence-electron chi connectivity index (χ3n) is 4.48. The fraction of sp³-hybridized carbons (Fsp3) is 0.421. The number of carbonyl (C=O) groups is 1. The van der Waals surface area contributed by atoms with Crippen LogP contribution in [0.25, 0.3) is 0 Å². The maximum absolute atomic E-state index is 12.4. The quantitative estimate of drug-likeness (QED) is 0.807. The summed E-state index contributed by atoms with van der Waals surface area (Å²) in [6.07, 6.45) is 1.48. The predicted octanol–water partition coefficient (Wildman–Crippen LogP) is 3.03. The number of thiophene rings is 1. The number of nitrogens with zero attached hydrogens (tertiary/aromatic N) is 2. The molecule has 1 aliphatic rings. The smallest absolute Gasteiger partial charge is 0.223 e. The molecular formula is C19H24N2O2S. The Hall–Kier alpha value is -1.85. The van der Waals surface area contributed by atoms with E-state index in [0.717, 1.165) is 44.9 Å². The Bertz CT molecular complexity index is 649. The molecule has 1 fully saturated rings. The van der Waals surface area contributed by atoms with Gasteiger partial charge in [0.2, 0.25) is 5.91 Å². The maximum Gasteiger partial charge on any atom is 0.223 e. The zero-order chi connectivity index (χ0) is 16.8. The zero-order valence-electron chi connectivity index (χ0n) is 14.1. The molecular weight excluding hydrogens is 320 g/mol. The van der Waals surface area contributed by atoms with Gasteiger partial charge in [-0.05, 0) is 23.9 Å². The number of aryl methyl sites for hydroxylation is 1. The Labute approximate surface area is 147 Å². The molecule has 24 heavy (non-hydrogen) atoms. The van der Waals surface area contributed by atoms with Crippen LogP contribution in [0.5, 0.6) is 5.75 Å². The first-order chi connectivity index (χ1) is 11.8. The molecule has 0 unspecified atom stereocenters. The van der Waals surface area contributed by atoms with E-state index in [-0.39, 0.29) is 5.91 Å². The number of piperazine rings is 1. The normalized spacial score (nSPS) is 15.5. The highest BCUT2D eigenvalue weighted by molar-refractivity contribution is 7.09. The van der Waals surface area contributed by atoms with Crippen LogP contribution < -0.4 is 4.74 Å². The van der Waals surface area contributed by atoms with Gasteiger partial charge < -0.3 is 9.64 Å². The van der Waals surface area contributed by atoms with Crippen LogP contribution in [0.15, 0.2) is 41.8 Å². The van der Waals surface area contributed by atoms with Crippen molar-refractivity contribution in [1.29, 1.82) is 0 Å². The summed E-state index contributed by atoms with van der Waals surface area (Å²) in [6.45, 7) is 4.35. The van der Waals surface area contributed by atoms with Crippen molar-refractivity contribution in [3.05, 3.63) is 52.2 Å². The maximum atomic E-state index is 12.4. The van der Waals surface area contributed by atoms with Gasteiger partial charge in [-0.3, -0.25) is 9.69 Å². The molecule has 0 saturated carbocycles. The van der Waals surface area contributed by atoms with E-state index in [1.807, 2.05) is 29.2 Å². The van der Waals surface area contributed by atoms with Gasteiger partial charge in [0.1, 0.15) is 5.75 Å². The lowest BCUT2D eigenvalue weighted by atomic mass is 10.1. The Balaban J connectivity index is 1.46. The number of benzene rings is 1. The van der Waals surface area contributed by atoms with Crippen molar-refractivity contribution in [1.82, 2.24) is 9.80 Å². The standard InChI is InChI=1S/C19H24N2O2S/c1-23-18-7-3-2-5-16(18)15-20-10-12-21(13-11-20)19(22)9-8-17-6-4-14-24-17/h2-7,14H,8-13,15H2,1H3. The summed E-state index contributed by atoms with van der Waals surface area (Å²) in [5.74, 6) is 1.22. The minimum absolute atomic E-state index is 0.278. The third kappa shape index (κ3) is 4.36. The molecule has 4 nitrogen and oxygen atoms in total. The van der Waals surface area contributed by atoms with Gasteiger partial charge in [0.05, 0.1) is 7.11 Å². The van der Waals surface area contributed by atoms with E-state index >= 15 is 0 Å². The second-order valence-electron chi connectivity index (χ2n) is 6.05. The van der Waals surface area contributed by atoms with E-state index in [1.54, 1.807) is 18.4 Å². The van der Waals surface area contributed by atoms with Gasteiger partial charge in [-0.25, -0.2) is 0 Å². The SMILES string of the molecule is COc1ccccc1CN1CCN(C(=O)CCc2cccs2)CC1. The zero-order valence-corrected chi connectivity index (χ0v) is 14.9. The van der Waals surface area contributed by atoms with E-state index in [4.69, 9.17) is 4.74 Å². The first kappa shape index (κ1) is 17.0. The van der Waals surface area contributed by atoms with Crippen LogP contribution in [0.3, 0.4) is 0 Å². The fourth-order valence-electron chi connectivity index (χ4n) is 3.07. The van der Waals surface area contributed by atoms with Crippen molar-refractivity contribution in [2.24, 2.45) is 0 Å². The van der Waals surface area contributed by atoms with Gasteiger partial charge in [0.25, 0.3) is 0 Å². The molecule has 0 aliphatic carbocycles. The summed E-state index contributed by atoms with van der Waals surface area (Å²) >= 11 is 1.73. The number of carbonyl (C=O) groups excluding carboxylic acids is 1. The first-order valence-electron chi connectivity index (χ1n) is 8.40. The molecule has 0 radical (unpaired) electrons. The van der Waals surface area contributed by atoms with Crippen molar-refractivity contribution in [2.75, 3.05) is 33.3 Å². The Morgan fingerprint density at radius 2 is 1.92 bits per heavy atom. The number of para-hydroxylation sites is 1. The average Bonchev–Trinajstić information content (AvgIpc) is 3.14. The molecule has 0 atom stereocenters. The molecule has 0 bridgehead atoms. The lowest BCUT2D eigenvalue weighted by Gasteiger charge is -2.35. The Kier molecular flexibility index (Phi) is 5.88. The topological polar surface area (TPSA) is 32.8 Å². The number of hydrogen-bond acceptors (Lipinski definition) is 4. The molecule has 5 heteroatoms. The summed E-state index contributed by atoms with van der Waals surface area (Å²) in [5.41, 5.74) is 1.21. The first-order valence-corrected chi connectivity index (χ1v) is 9.28. The molecule has 3 rings (SSSR count). The van der Waals surface area contributed by atoms with Crippen LogP contribution in [0, 0.1) is 0 Å². The van der Waals surface area contributed by atoms with Crippen molar-refractivity contribution < 1.29 is 9.53 Å². The van der Waals surface area contributed by atoms with E-state index in [1.165, 1.54) is 10.4 Å². The van der Waals surface area contributed by atoms with Crippen LogP contribution in [-0.4, -0.2) is 49.0 Å². The van der Waals surface area contributed by atoms with Crippen molar-refractivity contribution in [3.63, 3.8) is 0 Å². The summed E-state index contributed by atoms with van der Waals surface area (Å²) < 4.78 is 5.42. The van der Waals surface area contributed by atoms with Crippen LogP contribution in [0.1, 0.15) is 16.9 Å². The summed E-state index contributed by atoms with van der Waals surface area (Å²) in [7, 11) is 1.71. The van der Waals surface area contributed by atoms with Gasteiger partial charge >= 0.3 is 0 Å². The minimum atomic E-state index is 0.278. The molecule has 0 spiro atoms. The molecule has 1 aromatic carbocycles. The van der Waals surface area contributed by atoms with Crippen LogP contribution >= 0.6 is 11.3 Å². The van der Waals surface area contributed by atoms with Gasteiger partial charge in [-0.1, -0.05) is 24.3 Å². The minimum Gasteiger partial charge on any atom is -0.496 e. The molecule has 2 heterocycles. The fourth-order valence-corrected chi connectivity index (χ4v) is 3.78. The van der Waals surface area contributed by atoms with Crippen molar-refractivity contribution in [3.8, 4) is 5.75 Å². The molecule has 1 amide bonds. The second-order valence-corrected chi connectivity index (χ2v) is 7.08. The van der Waals surface area contributed by atoms with E-state index in [2.05, 4.69) is 22.4 Å². The third-order valence-corrected chi connectivity index (χ3v) is 5.41. The molecule has 2 aromatic rings. The van der Waals surface area contributed by atoms with E-state index in [9.17, 15) is 4.79 Å². The predicted molar refractivity (Wildman–Crippen MR) is 97.5 cm³/mol. The van der Waals surface area contributed by atoms with E-state index < -0.39 is 0 Å². The monoisotopic (exact) mass is 344 g/mol. The number of amides is 1. The average molecular weight is 344 g/mol. The van der Waals surface area contributed by atoms with Gasteiger partial charge in [0, 0.05) is 49.6 Å². The summed E-state index contributed by atoms with van der Waals surface area (Å²) in [5, 5.41) is 2.07. The highest BCUT2D eigenvalue weighted by atomic mass is 32.1. The van der Waals surface area contributed by atoms with Gasteiger partial charge in [-0.2, -0.15) is 0 Å².